The molecule has 0 aliphatic rings. The summed E-state index contributed by atoms with van der Waals surface area (Å²) in [6.07, 6.45) is 3.78. The highest BCUT2D eigenvalue weighted by Gasteiger charge is 2.18. The zero-order valence-corrected chi connectivity index (χ0v) is 16.3. The fraction of sp³-hybridized carbons (Fsp3) is 0.222. The Labute approximate surface area is 163 Å². The molecule has 4 nitrogen and oxygen atoms in total. The van der Waals surface area contributed by atoms with Crippen LogP contribution in [-0.2, 0) is 6.42 Å². The molecule has 7 heteroatoms. The smallest absolute Gasteiger partial charge is 0.263 e. The van der Waals surface area contributed by atoms with Crippen molar-refractivity contribution < 1.29 is 5.11 Å². The van der Waals surface area contributed by atoms with Crippen LogP contribution in [0.25, 0.3) is 16.7 Å². The molecule has 3 aromatic rings. The summed E-state index contributed by atoms with van der Waals surface area (Å²) in [5.74, 6) is -0.000942. The zero-order valence-electron chi connectivity index (χ0n) is 13.2. The van der Waals surface area contributed by atoms with Crippen LogP contribution in [0, 0.1) is 0 Å². The summed E-state index contributed by atoms with van der Waals surface area (Å²) in [5.41, 5.74) is 1.03. The van der Waals surface area contributed by atoms with Crippen molar-refractivity contribution in [2.75, 3.05) is 5.33 Å². The lowest BCUT2D eigenvalue weighted by Crippen LogP contribution is -2.23. The normalized spacial score (nSPS) is 11.2. The summed E-state index contributed by atoms with van der Waals surface area (Å²) >= 11 is 15.5. The third-order valence-electron chi connectivity index (χ3n) is 3.97. The molecule has 0 radical (unpaired) electrons. The van der Waals surface area contributed by atoms with Crippen LogP contribution in [0.4, 0.5) is 0 Å². The second-order valence-electron chi connectivity index (χ2n) is 5.59. The largest absolute Gasteiger partial charge is 0.507 e. The van der Waals surface area contributed by atoms with Crippen molar-refractivity contribution in [2.45, 2.75) is 19.3 Å². The topological polar surface area (TPSA) is 55.1 Å². The molecule has 3 rings (SSSR count). The van der Waals surface area contributed by atoms with E-state index in [0.29, 0.717) is 38.8 Å². The lowest BCUT2D eigenvalue weighted by Gasteiger charge is -2.14. The fourth-order valence-electron chi connectivity index (χ4n) is 2.74. The van der Waals surface area contributed by atoms with Gasteiger partial charge in [-0.05, 0) is 49.6 Å². The minimum Gasteiger partial charge on any atom is -0.507 e. The Balaban J connectivity index is 2.29. The van der Waals surface area contributed by atoms with E-state index in [2.05, 4.69) is 20.9 Å². The first kappa shape index (κ1) is 18.2. The molecular weight excluding hydrogens is 427 g/mol. The number of benzene rings is 1. The monoisotopic (exact) mass is 440 g/mol. The summed E-state index contributed by atoms with van der Waals surface area (Å²) in [7, 11) is 0. The number of nitrogens with zero attached hydrogens (tertiary/aromatic N) is 2. The molecule has 1 N–H and O–H groups in total. The minimum absolute atomic E-state index is 0.000942. The van der Waals surface area contributed by atoms with Gasteiger partial charge in [-0.3, -0.25) is 9.36 Å². The van der Waals surface area contributed by atoms with Crippen molar-refractivity contribution in [2.24, 2.45) is 0 Å². The van der Waals surface area contributed by atoms with Gasteiger partial charge in [0.1, 0.15) is 5.75 Å². The number of fused-ring (bicyclic) bond motifs is 1. The number of pyridine rings is 2. The highest BCUT2D eigenvalue weighted by atomic mass is 79.9. The second kappa shape index (κ2) is 7.77. The van der Waals surface area contributed by atoms with Gasteiger partial charge in [-0.25, -0.2) is 4.98 Å². The van der Waals surface area contributed by atoms with Gasteiger partial charge < -0.3 is 5.11 Å². The van der Waals surface area contributed by atoms with Gasteiger partial charge in [0.25, 0.3) is 5.56 Å². The number of aromatic nitrogens is 2. The number of unbranched alkanes of at least 4 members (excludes halogenated alkanes) is 1. The van der Waals surface area contributed by atoms with E-state index in [1.165, 1.54) is 4.57 Å². The number of aromatic hydroxyl groups is 1. The minimum atomic E-state index is -0.295. The van der Waals surface area contributed by atoms with Gasteiger partial charge in [-0.1, -0.05) is 39.1 Å². The molecule has 0 fully saturated rings. The van der Waals surface area contributed by atoms with Gasteiger partial charge >= 0.3 is 0 Å². The number of rotatable bonds is 5. The molecule has 0 saturated heterocycles. The Kier molecular flexibility index (Phi) is 5.67. The highest BCUT2D eigenvalue weighted by Crippen LogP contribution is 2.29. The van der Waals surface area contributed by atoms with E-state index in [1.807, 2.05) is 0 Å². The van der Waals surface area contributed by atoms with Crippen molar-refractivity contribution in [3.63, 3.8) is 0 Å². The Morgan fingerprint density at radius 2 is 1.96 bits per heavy atom. The summed E-state index contributed by atoms with van der Waals surface area (Å²) in [4.78, 5) is 17.4. The SMILES string of the molecule is O=c1c(CCCCBr)c(O)c2cccnc2n1-c1ccc(Cl)c(Cl)c1. The van der Waals surface area contributed by atoms with Gasteiger partial charge in [0, 0.05) is 11.5 Å². The van der Waals surface area contributed by atoms with Crippen LogP contribution in [0.15, 0.2) is 41.3 Å². The predicted octanol–water partition coefficient (Wildman–Crippen LogP) is 5.12. The maximum Gasteiger partial charge on any atom is 0.263 e. The standard InChI is InChI=1S/C18H15BrCl2N2O2/c19-8-2-1-4-13-16(24)12-5-3-9-22-17(12)23(18(13)25)11-6-7-14(20)15(21)10-11/h3,5-7,9-10,24H,1-2,4,8H2. The molecule has 130 valence electrons. The van der Waals surface area contributed by atoms with Crippen molar-refractivity contribution in [1.82, 2.24) is 9.55 Å². The van der Waals surface area contributed by atoms with Crippen LogP contribution in [0.2, 0.25) is 10.0 Å². The number of hydrogen-bond acceptors (Lipinski definition) is 3. The molecule has 2 aromatic heterocycles. The second-order valence-corrected chi connectivity index (χ2v) is 7.19. The van der Waals surface area contributed by atoms with Gasteiger partial charge in [-0.15, -0.1) is 0 Å². The molecule has 2 heterocycles. The van der Waals surface area contributed by atoms with E-state index in [4.69, 9.17) is 23.2 Å². The third kappa shape index (κ3) is 3.54. The molecule has 0 saturated carbocycles. The fourth-order valence-corrected chi connectivity index (χ4v) is 3.43. The van der Waals surface area contributed by atoms with E-state index < -0.39 is 0 Å². The molecule has 0 unspecified atom stereocenters. The summed E-state index contributed by atoms with van der Waals surface area (Å²) in [5, 5.41) is 12.7. The number of hydrogen-bond donors (Lipinski definition) is 1. The Morgan fingerprint density at radius 3 is 2.68 bits per heavy atom. The van der Waals surface area contributed by atoms with Crippen LogP contribution < -0.4 is 5.56 Å². The van der Waals surface area contributed by atoms with E-state index in [9.17, 15) is 9.90 Å². The third-order valence-corrected chi connectivity index (χ3v) is 5.27. The van der Waals surface area contributed by atoms with Crippen molar-refractivity contribution in [1.29, 1.82) is 0 Å². The van der Waals surface area contributed by atoms with E-state index >= 15 is 0 Å². The van der Waals surface area contributed by atoms with Crippen LogP contribution in [0.1, 0.15) is 18.4 Å². The number of halogens is 3. The Hall–Kier alpha value is -1.56. The molecule has 0 amide bonds. The first-order valence-corrected chi connectivity index (χ1v) is 9.65. The molecule has 0 bridgehead atoms. The summed E-state index contributed by atoms with van der Waals surface area (Å²) in [6.45, 7) is 0. The van der Waals surface area contributed by atoms with Crippen molar-refractivity contribution in [3.05, 3.63) is 62.5 Å². The predicted molar refractivity (Wildman–Crippen MR) is 106 cm³/mol. The highest BCUT2D eigenvalue weighted by molar-refractivity contribution is 9.09. The quantitative estimate of drug-likeness (QED) is 0.441. The van der Waals surface area contributed by atoms with Crippen LogP contribution >= 0.6 is 39.1 Å². The number of alkyl halides is 1. The van der Waals surface area contributed by atoms with Crippen LogP contribution in [0.3, 0.4) is 0 Å². The molecule has 0 aliphatic carbocycles. The first-order valence-electron chi connectivity index (χ1n) is 7.77. The average molecular weight is 442 g/mol. The maximum absolute atomic E-state index is 13.1. The molecule has 0 spiro atoms. The van der Waals surface area contributed by atoms with Gasteiger partial charge in [0.15, 0.2) is 5.65 Å². The van der Waals surface area contributed by atoms with Gasteiger partial charge in [0.05, 0.1) is 26.7 Å². The summed E-state index contributed by atoms with van der Waals surface area (Å²) in [6, 6.07) is 8.45. The first-order chi connectivity index (χ1) is 12.0. The van der Waals surface area contributed by atoms with E-state index in [0.717, 1.165) is 18.2 Å². The lowest BCUT2D eigenvalue weighted by molar-refractivity contribution is 0.470. The van der Waals surface area contributed by atoms with Crippen LogP contribution in [0.5, 0.6) is 5.75 Å². The summed E-state index contributed by atoms with van der Waals surface area (Å²) < 4.78 is 1.47. The zero-order chi connectivity index (χ0) is 18.0. The molecule has 0 aliphatic heterocycles. The molecule has 0 atom stereocenters. The van der Waals surface area contributed by atoms with E-state index in [-0.39, 0.29) is 11.3 Å². The molecular formula is C18H15BrCl2N2O2. The van der Waals surface area contributed by atoms with Crippen LogP contribution in [-0.4, -0.2) is 20.0 Å². The molecule has 25 heavy (non-hydrogen) atoms. The molecule has 1 aromatic carbocycles. The van der Waals surface area contributed by atoms with Crippen molar-refractivity contribution in [3.8, 4) is 11.4 Å². The maximum atomic E-state index is 13.1. The van der Waals surface area contributed by atoms with Gasteiger partial charge in [-0.2, -0.15) is 0 Å². The van der Waals surface area contributed by atoms with Crippen molar-refractivity contribution >= 4 is 50.2 Å². The lowest BCUT2D eigenvalue weighted by atomic mass is 10.1. The van der Waals surface area contributed by atoms with E-state index in [1.54, 1.807) is 36.5 Å². The Bertz CT molecular complexity index is 989. The Morgan fingerprint density at radius 1 is 1.16 bits per heavy atom. The average Bonchev–Trinajstić information content (AvgIpc) is 2.61. The van der Waals surface area contributed by atoms with Gasteiger partial charge in [0.2, 0.25) is 0 Å².